The molecule has 0 aromatic carbocycles. The zero-order chi connectivity index (χ0) is 24.7. The largest absolute Gasteiger partial charge is 0.481 e. The Bertz CT molecular complexity index is 1180. The van der Waals surface area contributed by atoms with Gasteiger partial charge in [0.05, 0.1) is 7.11 Å². The Morgan fingerprint density at radius 2 is 1.89 bits per heavy atom. The molecule has 11 heteroatoms. The summed E-state index contributed by atoms with van der Waals surface area (Å²) in [6.45, 7) is 4.40. The third-order valence-corrected chi connectivity index (χ3v) is 6.91. The number of hydrogen-bond acceptors (Lipinski definition) is 7. The van der Waals surface area contributed by atoms with E-state index in [2.05, 4.69) is 25.3 Å². The van der Waals surface area contributed by atoms with Gasteiger partial charge in [-0.05, 0) is 48.3 Å². The number of methoxy groups -OCH3 is 1. The van der Waals surface area contributed by atoms with E-state index < -0.39 is 12.8 Å². The Morgan fingerprint density at radius 1 is 1.14 bits per heavy atom. The van der Waals surface area contributed by atoms with Crippen molar-refractivity contribution in [1.29, 1.82) is 0 Å². The van der Waals surface area contributed by atoms with Gasteiger partial charge < -0.3 is 19.7 Å². The van der Waals surface area contributed by atoms with Crippen LogP contribution in [0.15, 0.2) is 30.5 Å². The van der Waals surface area contributed by atoms with E-state index in [-0.39, 0.29) is 17.8 Å². The van der Waals surface area contributed by atoms with Gasteiger partial charge >= 0.3 is 6.18 Å². The molecule has 1 aliphatic carbocycles. The normalized spacial score (nSPS) is 22.1. The van der Waals surface area contributed by atoms with Gasteiger partial charge in [0.25, 0.3) is 0 Å². The van der Waals surface area contributed by atoms with Gasteiger partial charge in [-0.1, -0.05) is 13.8 Å². The fourth-order valence-electron chi connectivity index (χ4n) is 5.26. The van der Waals surface area contributed by atoms with Crippen molar-refractivity contribution < 1.29 is 22.6 Å². The average Bonchev–Trinajstić information content (AvgIpc) is 3.33. The fraction of sp³-hybridized carbons (Fsp3) is 0.542. The van der Waals surface area contributed by atoms with Crippen LogP contribution in [0.5, 0.6) is 11.8 Å². The number of rotatable bonds is 7. The topological polar surface area (TPSA) is 76.8 Å². The molecule has 2 unspecified atom stereocenters. The second kappa shape index (κ2) is 9.09. The first-order chi connectivity index (χ1) is 16.7. The molecule has 1 aliphatic heterocycles. The zero-order valence-electron chi connectivity index (χ0n) is 19.9. The lowest BCUT2D eigenvalue weighted by atomic mass is 9.92. The highest BCUT2D eigenvalue weighted by molar-refractivity contribution is 5.55. The van der Waals surface area contributed by atoms with E-state index >= 15 is 0 Å². The number of nitrogens with zero attached hydrogens (tertiary/aromatic N) is 5. The van der Waals surface area contributed by atoms with Crippen molar-refractivity contribution in [3.05, 3.63) is 36.0 Å². The van der Waals surface area contributed by atoms with E-state index in [9.17, 15) is 13.2 Å². The number of piperidine rings is 1. The van der Waals surface area contributed by atoms with E-state index in [0.717, 1.165) is 37.2 Å². The summed E-state index contributed by atoms with van der Waals surface area (Å²) >= 11 is 0. The van der Waals surface area contributed by atoms with E-state index in [1.807, 2.05) is 26.0 Å². The van der Waals surface area contributed by atoms with Crippen molar-refractivity contribution in [2.24, 2.45) is 11.8 Å². The monoisotopic (exact) mass is 490 g/mol. The fourth-order valence-corrected chi connectivity index (χ4v) is 5.26. The molecule has 2 bridgehead atoms. The summed E-state index contributed by atoms with van der Waals surface area (Å²) in [5.41, 5.74) is 2.50. The summed E-state index contributed by atoms with van der Waals surface area (Å²) in [4.78, 5) is 11.2. The van der Waals surface area contributed by atoms with E-state index in [1.54, 1.807) is 19.4 Å². The van der Waals surface area contributed by atoms with Gasteiger partial charge in [-0.2, -0.15) is 22.7 Å². The number of alkyl halides is 3. The predicted molar refractivity (Wildman–Crippen MR) is 125 cm³/mol. The SMILES string of the molecule is COc1cc(N2CC3CCC(C2)C3Nc2nc3c(C(C)C)ccc(OCC(F)(F)F)n3n2)ccn1. The third-order valence-electron chi connectivity index (χ3n) is 6.91. The molecular formula is C24H29F3N6O2. The van der Waals surface area contributed by atoms with Crippen LogP contribution in [0.2, 0.25) is 0 Å². The summed E-state index contributed by atoms with van der Waals surface area (Å²) in [5.74, 6) is 1.94. The molecule has 2 fully saturated rings. The lowest BCUT2D eigenvalue weighted by molar-refractivity contribution is -0.154. The van der Waals surface area contributed by atoms with Crippen LogP contribution in [0.4, 0.5) is 24.8 Å². The summed E-state index contributed by atoms with van der Waals surface area (Å²) in [5, 5.41) is 8.02. The molecule has 0 spiro atoms. The number of pyridine rings is 2. The maximum absolute atomic E-state index is 12.8. The maximum atomic E-state index is 12.8. The molecule has 188 valence electrons. The van der Waals surface area contributed by atoms with E-state index in [4.69, 9.17) is 9.47 Å². The van der Waals surface area contributed by atoms with Gasteiger partial charge in [-0.15, -0.1) is 5.10 Å². The molecule has 8 nitrogen and oxygen atoms in total. The minimum Gasteiger partial charge on any atom is -0.481 e. The molecule has 2 atom stereocenters. The second-order valence-corrected chi connectivity index (χ2v) is 9.59. The van der Waals surface area contributed by atoms with Crippen LogP contribution in [0.3, 0.4) is 0 Å². The smallest absolute Gasteiger partial charge is 0.422 e. The number of nitrogens with one attached hydrogen (secondary N) is 1. The molecule has 1 saturated carbocycles. The van der Waals surface area contributed by atoms with Crippen LogP contribution in [-0.2, 0) is 0 Å². The number of fused-ring (bicyclic) bond motifs is 3. The molecule has 3 aromatic heterocycles. The first kappa shape index (κ1) is 23.5. The summed E-state index contributed by atoms with van der Waals surface area (Å²) < 4.78 is 50.0. The average molecular weight is 491 g/mol. The van der Waals surface area contributed by atoms with Crippen molar-refractivity contribution in [1.82, 2.24) is 19.6 Å². The van der Waals surface area contributed by atoms with Crippen molar-refractivity contribution >= 4 is 17.3 Å². The molecule has 0 radical (unpaired) electrons. The van der Waals surface area contributed by atoms with Crippen LogP contribution in [0, 0.1) is 11.8 Å². The zero-order valence-corrected chi connectivity index (χ0v) is 19.9. The predicted octanol–water partition coefficient (Wildman–Crippen LogP) is 4.52. The first-order valence-electron chi connectivity index (χ1n) is 11.8. The number of anilines is 2. The molecule has 1 saturated heterocycles. The van der Waals surface area contributed by atoms with Gasteiger partial charge in [0.2, 0.25) is 17.7 Å². The van der Waals surface area contributed by atoms with Crippen LogP contribution >= 0.6 is 0 Å². The Hall–Kier alpha value is -3.24. The summed E-state index contributed by atoms with van der Waals surface area (Å²) in [6, 6.07) is 7.42. The van der Waals surface area contributed by atoms with Crippen LogP contribution in [-0.4, -0.2) is 58.6 Å². The molecular weight excluding hydrogens is 461 g/mol. The highest BCUT2D eigenvalue weighted by atomic mass is 19.4. The molecule has 1 N–H and O–H groups in total. The van der Waals surface area contributed by atoms with Crippen molar-refractivity contribution in [2.45, 2.75) is 44.8 Å². The number of hydrogen-bond donors (Lipinski definition) is 1. The minimum atomic E-state index is -4.43. The highest BCUT2D eigenvalue weighted by Crippen LogP contribution is 2.40. The quantitative estimate of drug-likeness (QED) is 0.522. The molecule has 2 aliphatic rings. The van der Waals surface area contributed by atoms with Crippen LogP contribution in [0.1, 0.15) is 38.2 Å². The Morgan fingerprint density at radius 3 is 2.54 bits per heavy atom. The van der Waals surface area contributed by atoms with Crippen LogP contribution in [0.25, 0.3) is 5.65 Å². The number of halogens is 3. The highest BCUT2D eigenvalue weighted by Gasteiger charge is 2.42. The Kier molecular flexibility index (Phi) is 6.10. The Balaban J connectivity index is 1.37. The van der Waals surface area contributed by atoms with Gasteiger partial charge in [0.15, 0.2) is 12.3 Å². The van der Waals surface area contributed by atoms with Crippen molar-refractivity contribution in [2.75, 3.05) is 37.0 Å². The number of ether oxygens (including phenoxy) is 2. The van der Waals surface area contributed by atoms with Gasteiger partial charge in [0, 0.05) is 43.1 Å². The molecule has 0 amide bonds. The standard InChI is InChI=1S/C24H29F3N6O2/c1-14(2)18-6-7-20(35-13-24(25,26)27)33-22(18)30-23(31-33)29-21-15-4-5-16(21)12-32(11-15)17-8-9-28-19(10-17)34-3/h6-10,14-16,21H,4-5,11-13H2,1-3H3,(H,29,31). The Labute approximate surface area is 201 Å². The third kappa shape index (κ3) is 4.81. The minimum absolute atomic E-state index is 0.0201. The first-order valence-corrected chi connectivity index (χ1v) is 11.8. The van der Waals surface area contributed by atoms with Crippen molar-refractivity contribution in [3.8, 4) is 11.8 Å². The van der Waals surface area contributed by atoms with E-state index in [1.165, 1.54) is 10.6 Å². The molecule has 4 heterocycles. The number of aromatic nitrogens is 4. The lowest BCUT2D eigenvalue weighted by Crippen LogP contribution is -2.48. The van der Waals surface area contributed by atoms with Crippen molar-refractivity contribution in [3.63, 3.8) is 0 Å². The second-order valence-electron chi connectivity index (χ2n) is 9.59. The molecule has 3 aromatic rings. The van der Waals surface area contributed by atoms with Gasteiger partial charge in [-0.3, -0.25) is 0 Å². The summed E-state index contributed by atoms with van der Waals surface area (Å²) in [6.07, 6.45) is -0.500. The van der Waals surface area contributed by atoms with Gasteiger partial charge in [0.1, 0.15) is 0 Å². The van der Waals surface area contributed by atoms with Gasteiger partial charge in [-0.25, -0.2) is 4.98 Å². The molecule has 35 heavy (non-hydrogen) atoms. The van der Waals surface area contributed by atoms with Crippen LogP contribution < -0.4 is 19.7 Å². The van der Waals surface area contributed by atoms with E-state index in [0.29, 0.717) is 29.3 Å². The lowest BCUT2D eigenvalue weighted by Gasteiger charge is -2.39. The molecule has 5 rings (SSSR count). The maximum Gasteiger partial charge on any atom is 0.422 e. The summed E-state index contributed by atoms with van der Waals surface area (Å²) in [7, 11) is 1.61.